The Morgan fingerprint density at radius 3 is 2.55 bits per heavy atom. The Hall–Kier alpha value is -3.53. The predicted molar refractivity (Wildman–Crippen MR) is 127 cm³/mol. The Labute approximate surface area is 192 Å². The van der Waals surface area contributed by atoms with Gasteiger partial charge in [0.05, 0.1) is 19.0 Å². The summed E-state index contributed by atoms with van der Waals surface area (Å²) in [5, 5.41) is 7.31. The van der Waals surface area contributed by atoms with Crippen LogP contribution in [0.5, 0.6) is 0 Å². The van der Waals surface area contributed by atoms with E-state index < -0.39 is 5.97 Å². The van der Waals surface area contributed by atoms with Crippen molar-refractivity contribution in [2.45, 2.75) is 19.3 Å². The van der Waals surface area contributed by atoms with Gasteiger partial charge in [0.2, 0.25) is 5.95 Å². The van der Waals surface area contributed by atoms with Crippen LogP contribution in [0.3, 0.4) is 0 Å². The van der Waals surface area contributed by atoms with Gasteiger partial charge in [-0.2, -0.15) is 0 Å². The van der Waals surface area contributed by atoms with Gasteiger partial charge in [0.15, 0.2) is 11.5 Å². The van der Waals surface area contributed by atoms with E-state index in [4.69, 9.17) is 9.72 Å². The van der Waals surface area contributed by atoms with Crippen molar-refractivity contribution in [2.75, 3.05) is 61.5 Å². The lowest BCUT2D eigenvalue weighted by molar-refractivity contribution is 0.0594. The minimum atomic E-state index is -0.467. The van der Waals surface area contributed by atoms with E-state index in [0.29, 0.717) is 23.1 Å². The molecule has 172 valence electrons. The first-order valence-corrected chi connectivity index (χ1v) is 11.4. The van der Waals surface area contributed by atoms with Gasteiger partial charge in [-0.05, 0) is 37.5 Å². The van der Waals surface area contributed by atoms with Crippen LogP contribution in [-0.2, 0) is 4.74 Å². The van der Waals surface area contributed by atoms with Crippen LogP contribution in [0.4, 0.5) is 23.3 Å². The zero-order valence-electron chi connectivity index (χ0n) is 18.8. The molecule has 2 aliphatic heterocycles. The molecule has 3 aromatic rings. The number of hydrogen-bond donors (Lipinski definition) is 2. The number of aromatic nitrogens is 4. The fourth-order valence-electron chi connectivity index (χ4n) is 4.30. The number of piperidine rings is 1. The molecule has 5 rings (SSSR count). The van der Waals surface area contributed by atoms with E-state index in [1.165, 1.54) is 13.5 Å². The zero-order valence-corrected chi connectivity index (χ0v) is 18.8. The largest absolute Gasteiger partial charge is 0.464 e. The Kier molecular flexibility index (Phi) is 6.16. The van der Waals surface area contributed by atoms with Crippen LogP contribution in [0.25, 0.3) is 10.9 Å². The van der Waals surface area contributed by atoms with E-state index in [0.717, 1.165) is 63.2 Å². The molecule has 2 fully saturated rings. The molecule has 2 saturated heterocycles. The van der Waals surface area contributed by atoms with Crippen LogP contribution in [0.1, 0.15) is 29.8 Å². The van der Waals surface area contributed by atoms with Gasteiger partial charge in [0.25, 0.3) is 0 Å². The molecule has 0 aliphatic carbocycles. The second kappa shape index (κ2) is 9.53. The summed E-state index contributed by atoms with van der Waals surface area (Å²) in [7, 11) is 1.36. The lowest BCUT2D eigenvalue weighted by atomic mass is 10.1. The Bertz CT molecular complexity index is 1130. The van der Waals surface area contributed by atoms with Crippen LogP contribution in [0.15, 0.2) is 30.6 Å². The highest BCUT2D eigenvalue weighted by Gasteiger charge is 2.21. The minimum absolute atomic E-state index is 0.264. The maximum Gasteiger partial charge on any atom is 0.356 e. The van der Waals surface area contributed by atoms with Crippen molar-refractivity contribution in [1.82, 2.24) is 25.3 Å². The highest BCUT2D eigenvalue weighted by molar-refractivity contribution is 5.96. The maximum atomic E-state index is 12.2. The van der Waals surface area contributed by atoms with Crippen molar-refractivity contribution >= 4 is 40.1 Å². The first-order valence-electron chi connectivity index (χ1n) is 11.4. The van der Waals surface area contributed by atoms with Crippen LogP contribution in [-0.4, -0.2) is 72.3 Å². The summed E-state index contributed by atoms with van der Waals surface area (Å²) in [5.74, 6) is 1.34. The first-order chi connectivity index (χ1) is 16.2. The molecular weight excluding hydrogens is 420 g/mol. The number of pyridine rings is 2. The zero-order chi connectivity index (χ0) is 22.6. The van der Waals surface area contributed by atoms with Crippen LogP contribution in [0, 0.1) is 0 Å². The summed E-state index contributed by atoms with van der Waals surface area (Å²) in [4.78, 5) is 35.0. The molecule has 0 atom stereocenters. The standard InChI is InChI=1S/C23H28N8O2/c1-33-22(32)18-13-16-14-26-23(29-20(16)21(27-18)31-9-3-2-4-10-31)28-19-6-5-17(15-25-19)30-11-7-24-8-12-30/h5-6,13-15,24H,2-4,7-12H2,1H3,(H,25,26,28,29). The Morgan fingerprint density at radius 2 is 1.82 bits per heavy atom. The monoisotopic (exact) mass is 448 g/mol. The number of esters is 1. The number of anilines is 4. The number of fused-ring (bicyclic) bond motifs is 1. The normalized spacial score (nSPS) is 16.6. The number of rotatable bonds is 5. The fourth-order valence-corrected chi connectivity index (χ4v) is 4.30. The topological polar surface area (TPSA) is 108 Å². The summed E-state index contributed by atoms with van der Waals surface area (Å²) in [6.45, 7) is 5.68. The molecule has 0 radical (unpaired) electrons. The molecule has 3 aromatic heterocycles. The second-order valence-corrected chi connectivity index (χ2v) is 8.27. The highest BCUT2D eigenvalue weighted by atomic mass is 16.5. The van der Waals surface area contributed by atoms with Gasteiger partial charge < -0.3 is 25.2 Å². The summed E-state index contributed by atoms with van der Waals surface area (Å²) in [6, 6.07) is 5.68. The summed E-state index contributed by atoms with van der Waals surface area (Å²) in [5.41, 5.74) is 2.08. The average Bonchev–Trinajstić information content (AvgIpc) is 2.89. The molecule has 33 heavy (non-hydrogen) atoms. The predicted octanol–water partition coefficient (Wildman–Crippen LogP) is 2.35. The second-order valence-electron chi connectivity index (χ2n) is 8.27. The van der Waals surface area contributed by atoms with E-state index in [-0.39, 0.29) is 5.69 Å². The van der Waals surface area contributed by atoms with E-state index in [2.05, 4.69) is 41.5 Å². The van der Waals surface area contributed by atoms with Gasteiger partial charge in [-0.25, -0.2) is 24.7 Å². The molecule has 2 aliphatic rings. The summed E-state index contributed by atoms with van der Waals surface area (Å²) < 4.78 is 4.90. The van der Waals surface area contributed by atoms with Gasteiger partial charge in [-0.3, -0.25) is 0 Å². The molecule has 0 spiro atoms. The average molecular weight is 449 g/mol. The summed E-state index contributed by atoms with van der Waals surface area (Å²) >= 11 is 0. The van der Waals surface area contributed by atoms with Gasteiger partial charge >= 0.3 is 5.97 Å². The molecule has 10 nitrogen and oxygen atoms in total. The lowest BCUT2D eigenvalue weighted by Crippen LogP contribution is -2.43. The third-order valence-electron chi connectivity index (χ3n) is 6.07. The molecular formula is C23H28N8O2. The number of nitrogens with one attached hydrogen (secondary N) is 2. The van der Waals surface area contributed by atoms with Gasteiger partial charge in [-0.15, -0.1) is 0 Å². The fraction of sp³-hybridized carbons (Fsp3) is 0.435. The third-order valence-corrected chi connectivity index (χ3v) is 6.07. The molecule has 0 aromatic carbocycles. The van der Waals surface area contributed by atoms with Gasteiger partial charge in [0, 0.05) is 50.9 Å². The third kappa shape index (κ3) is 4.65. The number of methoxy groups -OCH3 is 1. The van der Waals surface area contributed by atoms with E-state index in [1.54, 1.807) is 12.3 Å². The van der Waals surface area contributed by atoms with Crippen LogP contribution < -0.4 is 20.4 Å². The number of piperazine rings is 1. The number of nitrogens with zero attached hydrogens (tertiary/aromatic N) is 6. The van der Waals surface area contributed by atoms with Crippen LogP contribution in [0.2, 0.25) is 0 Å². The summed E-state index contributed by atoms with van der Waals surface area (Å²) in [6.07, 6.45) is 6.96. The van der Waals surface area contributed by atoms with Crippen molar-refractivity contribution in [2.24, 2.45) is 0 Å². The first kappa shape index (κ1) is 21.3. The number of hydrogen-bond acceptors (Lipinski definition) is 10. The van der Waals surface area contributed by atoms with E-state index in [9.17, 15) is 4.79 Å². The number of carbonyl (C=O) groups is 1. The highest BCUT2D eigenvalue weighted by Crippen LogP contribution is 2.28. The number of ether oxygens (including phenoxy) is 1. The van der Waals surface area contributed by atoms with E-state index >= 15 is 0 Å². The van der Waals surface area contributed by atoms with Gasteiger partial charge in [-0.1, -0.05) is 0 Å². The maximum absolute atomic E-state index is 12.2. The SMILES string of the molecule is COC(=O)c1cc2cnc(Nc3ccc(N4CCNCC4)cn3)nc2c(N2CCCCC2)n1. The Morgan fingerprint density at radius 1 is 1.00 bits per heavy atom. The Balaban J connectivity index is 1.43. The molecule has 0 saturated carbocycles. The van der Waals surface area contributed by atoms with Crippen molar-refractivity contribution in [1.29, 1.82) is 0 Å². The van der Waals surface area contributed by atoms with Crippen molar-refractivity contribution < 1.29 is 9.53 Å². The van der Waals surface area contributed by atoms with E-state index in [1.807, 2.05) is 12.3 Å². The molecule has 0 bridgehead atoms. The van der Waals surface area contributed by atoms with Crippen LogP contribution >= 0.6 is 0 Å². The lowest BCUT2D eigenvalue weighted by Gasteiger charge is -2.29. The quantitative estimate of drug-likeness (QED) is 0.565. The van der Waals surface area contributed by atoms with Gasteiger partial charge in [0.1, 0.15) is 11.3 Å². The molecule has 0 amide bonds. The smallest absolute Gasteiger partial charge is 0.356 e. The molecule has 5 heterocycles. The molecule has 2 N–H and O–H groups in total. The van der Waals surface area contributed by atoms with Crippen molar-refractivity contribution in [3.63, 3.8) is 0 Å². The minimum Gasteiger partial charge on any atom is -0.464 e. The molecule has 0 unspecified atom stereocenters. The molecule has 10 heteroatoms. The van der Waals surface area contributed by atoms with Crippen molar-refractivity contribution in [3.8, 4) is 0 Å². The van der Waals surface area contributed by atoms with Crippen molar-refractivity contribution in [3.05, 3.63) is 36.3 Å². The number of carbonyl (C=O) groups excluding carboxylic acids is 1.